The third-order valence-corrected chi connectivity index (χ3v) is 5.47. The Morgan fingerprint density at radius 2 is 1.70 bits per heavy atom. The Hall–Kier alpha value is -3.19. The SMILES string of the molecule is Cc1ccc(-n2c(C(C)N(CCN(C)C)C(=O)NC(C)(C)C)nc3ccccc3c2=O)cc1. The molecule has 2 aromatic carbocycles. The minimum absolute atomic E-state index is 0.143. The average molecular weight is 450 g/mol. The summed E-state index contributed by atoms with van der Waals surface area (Å²) in [7, 11) is 3.95. The van der Waals surface area contributed by atoms with Gasteiger partial charge in [0.25, 0.3) is 5.56 Å². The van der Waals surface area contributed by atoms with E-state index in [9.17, 15) is 9.59 Å². The number of amides is 2. The summed E-state index contributed by atoms with van der Waals surface area (Å²) in [5.41, 5.74) is 1.93. The van der Waals surface area contributed by atoms with Crippen LogP contribution in [0.2, 0.25) is 0 Å². The minimum Gasteiger partial charge on any atom is -0.333 e. The highest BCUT2D eigenvalue weighted by Gasteiger charge is 2.28. The normalized spacial score (nSPS) is 12.7. The number of aryl methyl sites for hydroxylation is 1. The van der Waals surface area contributed by atoms with Crippen molar-refractivity contribution in [2.75, 3.05) is 27.2 Å². The first-order valence-electron chi connectivity index (χ1n) is 11.3. The van der Waals surface area contributed by atoms with Crippen molar-refractivity contribution in [3.63, 3.8) is 0 Å². The molecular weight excluding hydrogens is 414 g/mol. The zero-order chi connectivity index (χ0) is 24.3. The largest absolute Gasteiger partial charge is 0.333 e. The fourth-order valence-electron chi connectivity index (χ4n) is 3.68. The lowest BCUT2D eigenvalue weighted by molar-refractivity contribution is 0.160. The van der Waals surface area contributed by atoms with Gasteiger partial charge in [-0.1, -0.05) is 29.8 Å². The first-order valence-corrected chi connectivity index (χ1v) is 11.3. The molecule has 7 nitrogen and oxygen atoms in total. The maximum Gasteiger partial charge on any atom is 0.318 e. The lowest BCUT2D eigenvalue weighted by atomic mass is 10.1. The molecule has 0 aliphatic rings. The molecule has 1 unspecified atom stereocenters. The van der Waals surface area contributed by atoms with Gasteiger partial charge in [-0.05, 0) is 73.0 Å². The number of nitrogens with zero attached hydrogens (tertiary/aromatic N) is 4. The molecule has 176 valence electrons. The van der Waals surface area contributed by atoms with E-state index in [0.717, 1.165) is 11.3 Å². The van der Waals surface area contributed by atoms with Crippen LogP contribution in [0.25, 0.3) is 16.6 Å². The van der Waals surface area contributed by atoms with Gasteiger partial charge in [0, 0.05) is 18.6 Å². The Morgan fingerprint density at radius 3 is 2.30 bits per heavy atom. The molecule has 7 heteroatoms. The van der Waals surface area contributed by atoms with Crippen LogP contribution in [0.15, 0.2) is 53.3 Å². The Morgan fingerprint density at radius 1 is 1.06 bits per heavy atom. The van der Waals surface area contributed by atoms with Crippen LogP contribution in [0.5, 0.6) is 0 Å². The number of urea groups is 1. The summed E-state index contributed by atoms with van der Waals surface area (Å²) >= 11 is 0. The molecule has 0 saturated heterocycles. The van der Waals surface area contributed by atoms with Gasteiger partial charge >= 0.3 is 6.03 Å². The van der Waals surface area contributed by atoms with Crippen molar-refractivity contribution in [1.29, 1.82) is 0 Å². The molecule has 0 saturated carbocycles. The summed E-state index contributed by atoms with van der Waals surface area (Å²) in [6.45, 7) is 11.0. The van der Waals surface area contributed by atoms with E-state index < -0.39 is 6.04 Å². The minimum atomic E-state index is -0.439. The number of aromatic nitrogens is 2. The highest BCUT2D eigenvalue weighted by atomic mass is 16.2. The number of carbonyl (C=O) groups is 1. The number of likely N-dealkylation sites (N-methyl/N-ethyl adjacent to an activating group) is 1. The van der Waals surface area contributed by atoms with Crippen molar-refractivity contribution in [3.05, 3.63) is 70.3 Å². The number of nitrogens with one attached hydrogen (secondary N) is 1. The van der Waals surface area contributed by atoms with E-state index in [4.69, 9.17) is 4.98 Å². The lowest BCUT2D eigenvalue weighted by Gasteiger charge is -2.34. The second-order valence-corrected chi connectivity index (χ2v) is 9.82. The highest BCUT2D eigenvalue weighted by molar-refractivity contribution is 5.78. The van der Waals surface area contributed by atoms with Crippen LogP contribution in [0.1, 0.15) is 45.1 Å². The van der Waals surface area contributed by atoms with E-state index in [0.29, 0.717) is 29.8 Å². The predicted octanol–water partition coefficient (Wildman–Crippen LogP) is 4.13. The van der Waals surface area contributed by atoms with Gasteiger partial charge in [0.1, 0.15) is 5.82 Å². The number of benzene rings is 2. The molecule has 3 aromatic rings. The maximum absolute atomic E-state index is 13.6. The van der Waals surface area contributed by atoms with Crippen LogP contribution in [-0.4, -0.2) is 58.1 Å². The van der Waals surface area contributed by atoms with Crippen LogP contribution < -0.4 is 10.9 Å². The monoisotopic (exact) mass is 449 g/mol. The maximum atomic E-state index is 13.6. The topological polar surface area (TPSA) is 70.5 Å². The van der Waals surface area contributed by atoms with Gasteiger partial charge in [-0.15, -0.1) is 0 Å². The van der Waals surface area contributed by atoms with Crippen LogP contribution in [0.3, 0.4) is 0 Å². The van der Waals surface area contributed by atoms with Gasteiger partial charge in [-0.25, -0.2) is 9.78 Å². The second-order valence-electron chi connectivity index (χ2n) is 9.82. The first-order chi connectivity index (χ1) is 15.5. The van der Waals surface area contributed by atoms with Crippen molar-refractivity contribution in [3.8, 4) is 5.69 Å². The summed E-state index contributed by atoms with van der Waals surface area (Å²) in [6, 6.07) is 14.5. The summed E-state index contributed by atoms with van der Waals surface area (Å²) < 4.78 is 1.64. The molecule has 0 aliphatic carbocycles. The number of carbonyl (C=O) groups excluding carboxylic acids is 1. The molecule has 0 fully saturated rings. The van der Waals surface area contributed by atoms with E-state index in [1.165, 1.54) is 0 Å². The Kier molecular flexibility index (Phi) is 7.22. The summed E-state index contributed by atoms with van der Waals surface area (Å²) in [4.78, 5) is 35.6. The number of hydrogen-bond acceptors (Lipinski definition) is 4. The van der Waals surface area contributed by atoms with Crippen molar-refractivity contribution in [2.45, 2.75) is 46.2 Å². The van der Waals surface area contributed by atoms with Crippen LogP contribution >= 0.6 is 0 Å². The van der Waals surface area contributed by atoms with E-state index >= 15 is 0 Å². The van der Waals surface area contributed by atoms with Crippen LogP contribution in [-0.2, 0) is 0 Å². The molecule has 33 heavy (non-hydrogen) atoms. The first kappa shape index (κ1) is 24.5. The number of hydrogen-bond donors (Lipinski definition) is 1. The van der Waals surface area contributed by atoms with Crippen LogP contribution in [0, 0.1) is 6.92 Å². The third-order valence-electron chi connectivity index (χ3n) is 5.47. The van der Waals surface area contributed by atoms with E-state index in [1.54, 1.807) is 15.5 Å². The smallest absolute Gasteiger partial charge is 0.318 e. The van der Waals surface area contributed by atoms with Gasteiger partial charge in [0.2, 0.25) is 0 Å². The molecule has 0 aliphatic heterocycles. The van der Waals surface area contributed by atoms with Crippen LogP contribution in [0.4, 0.5) is 4.79 Å². The average Bonchev–Trinajstić information content (AvgIpc) is 2.73. The molecule has 1 heterocycles. The number of rotatable bonds is 6. The molecular formula is C26H35N5O2. The zero-order valence-electron chi connectivity index (χ0n) is 20.7. The Bertz CT molecular complexity index is 1180. The molecule has 1 N–H and O–H groups in total. The van der Waals surface area contributed by atoms with E-state index in [1.807, 2.05) is 96.1 Å². The fraction of sp³-hybridized carbons (Fsp3) is 0.423. The summed E-state index contributed by atoms with van der Waals surface area (Å²) in [6.07, 6.45) is 0. The second kappa shape index (κ2) is 9.75. The lowest BCUT2D eigenvalue weighted by Crippen LogP contribution is -2.51. The third kappa shape index (κ3) is 5.79. The summed E-state index contributed by atoms with van der Waals surface area (Å²) in [5.74, 6) is 0.533. The molecule has 0 bridgehead atoms. The van der Waals surface area contributed by atoms with Crippen molar-refractivity contribution in [2.24, 2.45) is 0 Å². The number of fused-ring (bicyclic) bond motifs is 1. The van der Waals surface area contributed by atoms with Gasteiger partial charge < -0.3 is 15.1 Å². The molecule has 2 amide bonds. The van der Waals surface area contributed by atoms with Gasteiger partial charge in [-0.3, -0.25) is 9.36 Å². The zero-order valence-corrected chi connectivity index (χ0v) is 20.7. The molecule has 0 radical (unpaired) electrons. The van der Waals surface area contributed by atoms with Crippen molar-refractivity contribution >= 4 is 16.9 Å². The molecule has 1 atom stereocenters. The Labute approximate surface area is 196 Å². The van der Waals surface area contributed by atoms with Crippen molar-refractivity contribution in [1.82, 2.24) is 24.7 Å². The molecule has 1 aromatic heterocycles. The summed E-state index contributed by atoms with van der Waals surface area (Å²) in [5, 5.41) is 3.61. The fourth-order valence-corrected chi connectivity index (χ4v) is 3.68. The van der Waals surface area contributed by atoms with E-state index in [-0.39, 0.29) is 17.1 Å². The highest BCUT2D eigenvalue weighted by Crippen LogP contribution is 2.23. The van der Waals surface area contributed by atoms with Gasteiger partial charge in [0.15, 0.2) is 0 Å². The van der Waals surface area contributed by atoms with E-state index in [2.05, 4.69) is 5.32 Å². The van der Waals surface area contributed by atoms with Crippen molar-refractivity contribution < 1.29 is 4.79 Å². The molecule has 0 spiro atoms. The van der Waals surface area contributed by atoms with Gasteiger partial charge in [0.05, 0.1) is 22.6 Å². The quantitative estimate of drug-likeness (QED) is 0.614. The number of para-hydroxylation sites is 1. The van der Waals surface area contributed by atoms with Gasteiger partial charge in [-0.2, -0.15) is 0 Å². The Balaban J connectivity index is 2.19. The predicted molar refractivity (Wildman–Crippen MR) is 134 cm³/mol. The standard InChI is InChI=1S/C26H35N5O2/c1-18-12-14-20(15-13-18)31-23(27-22-11-9-8-10-21(22)24(31)32)19(2)30(17-16-29(6)7)25(33)28-26(3,4)5/h8-15,19H,16-17H2,1-7H3,(H,28,33). The molecule has 3 rings (SSSR count).